The summed E-state index contributed by atoms with van der Waals surface area (Å²) in [5, 5.41) is 6.15. The molecule has 0 aliphatic carbocycles. The van der Waals surface area contributed by atoms with Gasteiger partial charge in [0.2, 0.25) is 11.9 Å². The van der Waals surface area contributed by atoms with Gasteiger partial charge < -0.3 is 19.9 Å². The van der Waals surface area contributed by atoms with E-state index in [2.05, 4.69) is 30.6 Å². The predicted molar refractivity (Wildman–Crippen MR) is 71.3 cm³/mol. The summed E-state index contributed by atoms with van der Waals surface area (Å²) >= 11 is 0. The van der Waals surface area contributed by atoms with Crippen LogP contribution in [0.5, 0.6) is 6.01 Å². The second-order valence-corrected chi connectivity index (χ2v) is 3.73. The number of methoxy groups -OCH3 is 1. The molecule has 0 unspecified atom stereocenters. The Morgan fingerprint density at radius 3 is 2.63 bits per heavy atom. The molecule has 2 N–H and O–H groups in total. The van der Waals surface area contributed by atoms with Gasteiger partial charge in [0.15, 0.2) is 0 Å². The minimum atomic E-state index is 0.288. The van der Waals surface area contributed by atoms with Gasteiger partial charge in [0.1, 0.15) is 0 Å². The van der Waals surface area contributed by atoms with E-state index in [9.17, 15) is 0 Å². The zero-order valence-corrected chi connectivity index (χ0v) is 11.0. The van der Waals surface area contributed by atoms with Crippen molar-refractivity contribution in [1.29, 1.82) is 0 Å². The van der Waals surface area contributed by atoms with Crippen molar-refractivity contribution >= 4 is 11.9 Å². The first-order valence-corrected chi connectivity index (χ1v) is 6.05. The maximum absolute atomic E-state index is 5.04. The lowest BCUT2D eigenvalue weighted by molar-refractivity contribution is 0.379. The summed E-state index contributed by atoms with van der Waals surface area (Å²) in [6.45, 7) is 4.18. The summed E-state index contributed by atoms with van der Waals surface area (Å²) in [6, 6.07) is 0.288. The quantitative estimate of drug-likeness (QED) is 0.756. The number of nitrogens with zero attached hydrogens (tertiary/aromatic N) is 5. The Balaban J connectivity index is 1.96. The monoisotopic (exact) mass is 263 g/mol. The molecule has 102 valence electrons. The fourth-order valence-corrected chi connectivity index (χ4v) is 1.48. The van der Waals surface area contributed by atoms with E-state index < -0.39 is 0 Å². The number of hydrogen-bond donors (Lipinski definition) is 2. The number of hydrogen-bond acceptors (Lipinski definition) is 7. The van der Waals surface area contributed by atoms with Crippen molar-refractivity contribution in [2.75, 3.05) is 30.8 Å². The van der Waals surface area contributed by atoms with Crippen LogP contribution in [-0.4, -0.2) is 44.7 Å². The fourth-order valence-electron chi connectivity index (χ4n) is 1.48. The fraction of sp³-hybridized carbons (Fsp3) is 0.455. The number of rotatable bonds is 7. The van der Waals surface area contributed by atoms with E-state index in [0.29, 0.717) is 18.4 Å². The van der Waals surface area contributed by atoms with E-state index >= 15 is 0 Å². The predicted octanol–water partition coefficient (Wildman–Crippen LogP) is 0.621. The standard InChI is InChI=1S/C11H17N7O/c1-3-13-9-15-10(17-11(16-9)19-2)14-5-7-18-6-4-12-8-18/h4,6,8H,3,5,7H2,1-2H3,(H2,13,14,15,16,17). The van der Waals surface area contributed by atoms with Crippen LogP contribution in [0.15, 0.2) is 18.7 Å². The molecule has 2 aromatic rings. The molecule has 2 heterocycles. The van der Waals surface area contributed by atoms with E-state index in [0.717, 1.165) is 13.1 Å². The van der Waals surface area contributed by atoms with Crippen molar-refractivity contribution in [3.8, 4) is 6.01 Å². The molecule has 0 saturated heterocycles. The third-order valence-corrected chi connectivity index (χ3v) is 2.34. The first-order chi connectivity index (χ1) is 9.31. The van der Waals surface area contributed by atoms with Gasteiger partial charge in [-0.15, -0.1) is 0 Å². The molecule has 0 aliphatic heterocycles. The third-order valence-electron chi connectivity index (χ3n) is 2.34. The molecule has 2 rings (SSSR count). The average Bonchev–Trinajstić information content (AvgIpc) is 2.92. The molecule has 0 amide bonds. The third kappa shape index (κ3) is 3.80. The Kier molecular flexibility index (Phi) is 4.49. The van der Waals surface area contributed by atoms with E-state index in [1.54, 1.807) is 12.5 Å². The van der Waals surface area contributed by atoms with Gasteiger partial charge in [0.25, 0.3) is 0 Å². The van der Waals surface area contributed by atoms with E-state index in [1.165, 1.54) is 7.11 Å². The molecule has 19 heavy (non-hydrogen) atoms. The molecule has 0 atom stereocenters. The highest BCUT2D eigenvalue weighted by atomic mass is 16.5. The van der Waals surface area contributed by atoms with Gasteiger partial charge in [0, 0.05) is 32.0 Å². The Morgan fingerprint density at radius 1 is 1.21 bits per heavy atom. The van der Waals surface area contributed by atoms with Gasteiger partial charge in [-0.25, -0.2) is 4.98 Å². The minimum absolute atomic E-state index is 0.288. The highest BCUT2D eigenvalue weighted by molar-refractivity contribution is 5.35. The largest absolute Gasteiger partial charge is 0.467 e. The molecule has 0 aliphatic rings. The number of ether oxygens (including phenoxy) is 1. The smallest absolute Gasteiger partial charge is 0.322 e. The van der Waals surface area contributed by atoms with E-state index in [1.807, 2.05) is 17.7 Å². The zero-order chi connectivity index (χ0) is 13.5. The van der Waals surface area contributed by atoms with Crippen LogP contribution < -0.4 is 15.4 Å². The lowest BCUT2D eigenvalue weighted by Crippen LogP contribution is -2.13. The molecule has 0 spiro atoms. The average molecular weight is 263 g/mol. The SMILES string of the molecule is CCNc1nc(NCCn2ccnc2)nc(OC)n1. The number of anilines is 2. The van der Waals surface area contributed by atoms with Gasteiger partial charge in [-0.2, -0.15) is 15.0 Å². The summed E-state index contributed by atoms with van der Waals surface area (Å²) in [6.07, 6.45) is 5.41. The van der Waals surface area contributed by atoms with Gasteiger partial charge >= 0.3 is 6.01 Å². The summed E-state index contributed by atoms with van der Waals surface area (Å²) in [5.41, 5.74) is 0. The van der Waals surface area contributed by atoms with Crippen LogP contribution in [0.25, 0.3) is 0 Å². The van der Waals surface area contributed by atoms with E-state index in [4.69, 9.17) is 4.74 Å². The first kappa shape index (κ1) is 13.1. The second-order valence-electron chi connectivity index (χ2n) is 3.73. The van der Waals surface area contributed by atoms with Crippen LogP contribution in [0.4, 0.5) is 11.9 Å². The number of aromatic nitrogens is 5. The van der Waals surface area contributed by atoms with Crippen LogP contribution in [-0.2, 0) is 6.54 Å². The van der Waals surface area contributed by atoms with Gasteiger partial charge in [-0.05, 0) is 6.92 Å². The summed E-state index contributed by atoms with van der Waals surface area (Å²) in [7, 11) is 1.53. The highest BCUT2D eigenvalue weighted by Crippen LogP contribution is 2.10. The number of nitrogens with one attached hydrogen (secondary N) is 2. The maximum Gasteiger partial charge on any atom is 0.322 e. The van der Waals surface area contributed by atoms with Crippen molar-refractivity contribution in [2.24, 2.45) is 0 Å². The normalized spacial score (nSPS) is 10.2. The minimum Gasteiger partial charge on any atom is -0.467 e. The van der Waals surface area contributed by atoms with Crippen molar-refractivity contribution in [1.82, 2.24) is 24.5 Å². The molecule has 0 aromatic carbocycles. The Hall–Kier alpha value is -2.38. The Labute approximate surface area is 111 Å². The van der Waals surface area contributed by atoms with Crippen LogP contribution >= 0.6 is 0 Å². The van der Waals surface area contributed by atoms with Crippen molar-refractivity contribution in [3.05, 3.63) is 18.7 Å². The highest BCUT2D eigenvalue weighted by Gasteiger charge is 2.05. The Bertz CT molecular complexity index is 500. The molecule has 0 bridgehead atoms. The van der Waals surface area contributed by atoms with Crippen molar-refractivity contribution in [2.45, 2.75) is 13.5 Å². The molecule has 2 aromatic heterocycles. The van der Waals surface area contributed by atoms with Gasteiger partial charge in [-0.3, -0.25) is 0 Å². The summed E-state index contributed by atoms with van der Waals surface area (Å²) in [4.78, 5) is 16.4. The Morgan fingerprint density at radius 2 is 2.00 bits per heavy atom. The van der Waals surface area contributed by atoms with Crippen molar-refractivity contribution < 1.29 is 4.74 Å². The van der Waals surface area contributed by atoms with Crippen molar-refractivity contribution in [3.63, 3.8) is 0 Å². The number of imidazole rings is 1. The molecular formula is C11H17N7O. The molecular weight excluding hydrogens is 246 g/mol. The van der Waals surface area contributed by atoms with E-state index in [-0.39, 0.29) is 6.01 Å². The molecule has 8 heteroatoms. The molecule has 0 saturated carbocycles. The summed E-state index contributed by atoms with van der Waals surface area (Å²) in [5.74, 6) is 0.988. The van der Waals surface area contributed by atoms with Crippen LogP contribution in [0.3, 0.4) is 0 Å². The second kappa shape index (κ2) is 6.53. The van der Waals surface area contributed by atoms with Gasteiger partial charge in [0.05, 0.1) is 13.4 Å². The van der Waals surface area contributed by atoms with Crippen LogP contribution in [0.2, 0.25) is 0 Å². The lowest BCUT2D eigenvalue weighted by Gasteiger charge is -2.08. The van der Waals surface area contributed by atoms with Crippen LogP contribution in [0.1, 0.15) is 6.92 Å². The zero-order valence-electron chi connectivity index (χ0n) is 11.0. The molecule has 0 radical (unpaired) electrons. The molecule has 8 nitrogen and oxygen atoms in total. The van der Waals surface area contributed by atoms with Gasteiger partial charge in [-0.1, -0.05) is 0 Å². The van der Waals surface area contributed by atoms with Crippen LogP contribution in [0, 0.1) is 0 Å². The topological polar surface area (TPSA) is 89.8 Å². The lowest BCUT2D eigenvalue weighted by atomic mass is 10.6. The summed E-state index contributed by atoms with van der Waals surface area (Å²) < 4.78 is 7.01. The molecule has 0 fully saturated rings. The first-order valence-electron chi connectivity index (χ1n) is 6.05. The maximum atomic E-state index is 5.04.